The van der Waals surface area contributed by atoms with E-state index in [-0.39, 0.29) is 5.91 Å². The fourth-order valence-electron chi connectivity index (χ4n) is 2.03. The highest BCUT2D eigenvalue weighted by Crippen LogP contribution is 2.25. The predicted molar refractivity (Wildman–Crippen MR) is 80.1 cm³/mol. The number of ether oxygens (including phenoxy) is 1. The van der Waals surface area contributed by atoms with Gasteiger partial charge in [-0.05, 0) is 31.0 Å². The van der Waals surface area contributed by atoms with Crippen LogP contribution in [0.1, 0.15) is 23.2 Å². The number of hydrogen-bond donors (Lipinski definition) is 1. The first-order chi connectivity index (χ1) is 9.06. The third kappa shape index (κ3) is 3.63. The Labute approximate surface area is 130 Å². The number of nitrogens with one attached hydrogen (secondary N) is 1. The zero-order valence-electron chi connectivity index (χ0n) is 10.2. The first-order valence-electron chi connectivity index (χ1n) is 5.98. The van der Waals surface area contributed by atoms with Gasteiger partial charge in [-0.15, -0.1) is 11.6 Å². The summed E-state index contributed by atoms with van der Waals surface area (Å²) in [5.41, 5.74) is 0.0507. The molecule has 1 aliphatic rings. The molecule has 1 heterocycles. The van der Waals surface area contributed by atoms with Crippen molar-refractivity contribution in [1.82, 2.24) is 5.32 Å². The highest BCUT2D eigenvalue weighted by molar-refractivity contribution is 9.10. The van der Waals surface area contributed by atoms with Gasteiger partial charge in [-0.25, -0.2) is 0 Å². The lowest BCUT2D eigenvalue weighted by Crippen LogP contribution is -2.53. The maximum absolute atomic E-state index is 12.3. The van der Waals surface area contributed by atoms with E-state index >= 15 is 0 Å². The summed E-state index contributed by atoms with van der Waals surface area (Å²) in [6.45, 7) is 1.22. The summed E-state index contributed by atoms with van der Waals surface area (Å²) in [6.07, 6.45) is 1.43. The van der Waals surface area contributed by atoms with E-state index in [1.54, 1.807) is 18.2 Å². The van der Waals surface area contributed by atoms with E-state index in [0.29, 0.717) is 42.5 Å². The van der Waals surface area contributed by atoms with Gasteiger partial charge in [0, 0.05) is 23.6 Å². The van der Waals surface area contributed by atoms with Crippen molar-refractivity contribution in [2.24, 2.45) is 0 Å². The zero-order valence-corrected chi connectivity index (χ0v) is 13.3. The van der Waals surface area contributed by atoms with Crippen LogP contribution in [0.2, 0.25) is 5.02 Å². The van der Waals surface area contributed by atoms with Gasteiger partial charge in [0.1, 0.15) is 0 Å². The standard InChI is InChI=1S/C13H14BrCl2NO2/c14-9-1-2-11(16)10(7-9)12(18)17-13(8-15)3-5-19-6-4-13/h1-2,7H,3-6,8H2,(H,17,18). The van der Waals surface area contributed by atoms with Gasteiger partial charge in [0.15, 0.2) is 0 Å². The van der Waals surface area contributed by atoms with Gasteiger partial charge in [0.2, 0.25) is 0 Å². The van der Waals surface area contributed by atoms with Crippen molar-refractivity contribution in [3.05, 3.63) is 33.3 Å². The van der Waals surface area contributed by atoms with E-state index in [2.05, 4.69) is 21.2 Å². The maximum Gasteiger partial charge on any atom is 0.253 e. The average molecular weight is 367 g/mol. The van der Waals surface area contributed by atoms with Gasteiger partial charge in [0.25, 0.3) is 5.91 Å². The highest BCUT2D eigenvalue weighted by atomic mass is 79.9. The van der Waals surface area contributed by atoms with Crippen LogP contribution in [-0.2, 0) is 4.74 Å². The topological polar surface area (TPSA) is 38.3 Å². The Morgan fingerprint density at radius 2 is 2.11 bits per heavy atom. The molecule has 1 saturated heterocycles. The summed E-state index contributed by atoms with van der Waals surface area (Å²) in [7, 11) is 0. The second kappa shape index (κ2) is 6.44. The Balaban J connectivity index is 2.17. The van der Waals surface area contributed by atoms with Crippen LogP contribution in [0.3, 0.4) is 0 Å². The predicted octanol–water partition coefficient (Wildman–Crippen LogP) is 3.62. The van der Waals surface area contributed by atoms with Gasteiger partial charge in [0.05, 0.1) is 16.1 Å². The molecular weight excluding hydrogens is 353 g/mol. The van der Waals surface area contributed by atoms with Crippen LogP contribution in [0, 0.1) is 0 Å². The van der Waals surface area contributed by atoms with E-state index in [9.17, 15) is 4.79 Å². The van der Waals surface area contributed by atoms with E-state index in [0.717, 1.165) is 4.47 Å². The minimum absolute atomic E-state index is 0.200. The summed E-state index contributed by atoms with van der Waals surface area (Å²) < 4.78 is 6.13. The first kappa shape index (κ1) is 15.1. The molecule has 0 aliphatic carbocycles. The van der Waals surface area contributed by atoms with Gasteiger partial charge >= 0.3 is 0 Å². The molecule has 19 heavy (non-hydrogen) atoms. The van der Waals surface area contributed by atoms with Crippen molar-refractivity contribution in [2.75, 3.05) is 19.1 Å². The third-order valence-electron chi connectivity index (χ3n) is 3.26. The number of alkyl halides is 1. The fraction of sp³-hybridized carbons (Fsp3) is 0.462. The van der Waals surface area contributed by atoms with Crippen LogP contribution < -0.4 is 5.32 Å². The number of carbonyl (C=O) groups is 1. The van der Waals surface area contributed by atoms with Gasteiger partial charge in [-0.1, -0.05) is 27.5 Å². The number of hydrogen-bond acceptors (Lipinski definition) is 2. The van der Waals surface area contributed by atoms with Crippen LogP contribution in [0.5, 0.6) is 0 Å². The molecule has 0 saturated carbocycles. The van der Waals surface area contributed by atoms with E-state index in [4.69, 9.17) is 27.9 Å². The lowest BCUT2D eigenvalue weighted by molar-refractivity contribution is 0.0434. The molecule has 1 amide bonds. The van der Waals surface area contributed by atoms with Crippen molar-refractivity contribution in [1.29, 1.82) is 0 Å². The molecule has 2 rings (SSSR count). The van der Waals surface area contributed by atoms with Crippen LogP contribution in [0.15, 0.2) is 22.7 Å². The smallest absolute Gasteiger partial charge is 0.253 e. The molecule has 1 aromatic carbocycles. The molecule has 0 spiro atoms. The Hall–Kier alpha value is -0.290. The average Bonchev–Trinajstić information content (AvgIpc) is 2.42. The van der Waals surface area contributed by atoms with Crippen LogP contribution in [0.25, 0.3) is 0 Å². The molecule has 3 nitrogen and oxygen atoms in total. The maximum atomic E-state index is 12.3. The summed E-state index contributed by atoms with van der Waals surface area (Å²) in [5.74, 6) is 0.169. The Kier molecular flexibility index (Phi) is 5.12. The van der Waals surface area contributed by atoms with Gasteiger partial charge in [-0.3, -0.25) is 4.79 Å². The van der Waals surface area contributed by atoms with E-state index in [1.807, 2.05) is 0 Å². The molecule has 6 heteroatoms. The second-order valence-corrected chi connectivity index (χ2v) is 6.19. The number of carbonyl (C=O) groups excluding carboxylic acids is 1. The van der Waals surface area contributed by atoms with E-state index in [1.165, 1.54) is 0 Å². The molecule has 0 aromatic heterocycles. The monoisotopic (exact) mass is 365 g/mol. The molecule has 1 aromatic rings. The van der Waals surface area contributed by atoms with Crippen molar-refractivity contribution in [3.63, 3.8) is 0 Å². The fourth-order valence-corrected chi connectivity index (χ4v) is 2.93. The Morgan fingerprint density at radius 3 is 2.74 bits per heavy atom. The van der Waals surface area contributed by atoms with Crippen molar-refractivity contribution >= 4 is 45.0 Å². The quantitative estimate of drug-likeness (QED) is 0.829. The zero-order chi connectivity index (χ0) is 13.9. The number of benzene rings is 1. The van der Waals surface area contributed by atoms with Crippen molar-refractivity contribution < 1.29 is 9.53 Å². The summed E-state index contributed by atoms with van der Waals surface area (Å²) in [6, 6.07) is 5.20. The SMILES string of the molecule is O=C(NC1(CCl)CCOCC1)c1cc(Br)ccc1Cl. The molecular formula is C13H14BrCl2NO2. The number of rotatable bonds is 3. The molecule has 0 radical (unpaired) electrons. The molecule has 0 unspecified atom stereocenters. The summed E-state index contributed by atoms with van der Waals surface area (Å²) in [5, 5.41) is 3.44. The van der Waals surface area contributed by atoms with Crippen molar-refractivity contribution in [2.45, 2.75) is 18.4 Å². The van der Waals surface area contributed by atoms with Gasteiger partial charge < -0.3 is 10.1 Å². The Morgan fingerprint density at radius 1 is 1.42 bits per heavy atom. The normalized spacial score (nSPS) is 18.1. The lowest BCUT2D eigenvalue weighted by Gasteiger charge is -2.36. The number of halogens is 3. The van der Waals surface area contributed by atoms with Crippen LogP contribution in [-0.4, -0.2) is 30.5 Å². The van der Waals surface area contributed by atoms with E-state index < -0.39 is 5.54 Å². The third-order valence-corrected chi connectivity index (χ3v) is 4.59. The van der Waals surface area contributed by atoms with Gasteiger partial charge in [-0.2, -0.15) is 0 Å². The molecule has 0 bridgehead atoms. The molecule has 1 N–H and O–H groups in total. The molecule has 1 aliphatic heterocycles. The largest absolute Gasteiger partial charge is 0.381 e. The second-order valence-electron chi connectivity index (χ2n) is 4.60. The number of amides is 1. The summed E-state index contributed by atoms with van der Waals surface area (Å²) in [4.78, 5) is 12.3. The molecule has 104 valence electrons. The highest BCUT2D eigenvalue weighted by Gasteiger charge is 2.34. The first-order valence-corrected chi connectivity index (χ1v) is 7.68. The minimum atomic E-state index is -0.400. The van der Waals surface area contributed by atoms with Crippen LogP contribution in [0.4, 0.5) is 0 Å². The molecule has 1 fully saturated rings. The van der Waals surface area contributed by atoms with Crippen LogP contribution >= 0.6 is 39.1 Å². The summed E-state index contributed by atoms with van der Waals surface area (Å²) >= 11 is 15.4. The van der Waals surface area contributed by atoms with Crippen molar-refractivity contribution in [3.8, 4) is 0 Å². The minimum Gasteiger partial charge on any atom is -0.381 e. The lowest BCUT2D eigenvalue weighted by atomic mass is 9.92. The Bertz CT molecular complexity index is 476. The molecule has 0 atom stereocenters.